The largest absolute Gasteiger partial charge is 0.355 e. The molecule has 7 heteroatoms. The lowest BCUT2D eigenvalue weighted by molar-refractivity contribution is 0.0964. The van der Waals surface area contributed by atoms with E-state index in [1.807, 2.05) is 33.0 Å². The number of pyridine rings is 1. The number of fused-ring (bicyclic) bond motifs is 1. The zero-order valence-corrected chi connectivity index (χ0v) is 16.5. The molecule has 2 N–H and O–H groups in total. The molecule has 28 heavy (non-hydrogen) atoms. The number of amides is 2. The molecule has 0 radical (unpaired) electrons. The molecule has 0 saturated heterocycles. The van der Waals surface area contributed by atoms with Crippen LogP contribution in [0.4, 0.5) is 5.69 Å². The lowest BCUT2D eigenvalue weighted by Gasteiger charge is -2.12. The van der Waals surface area contributed by atoms with Gasteiger partial charge in [-0.05, 0) is 44.9 Å². The van der Waals surface area contributed by atoms with Crippen molar-refractivity contribution in [3.05, 3.63) is 52.3 Å². The molecule has 0 atom stereocenters. The number of rotatable bonds is 4. The predicted octanol–water partition coefficient (Wildman–Crippen LogP) is 3.07. The minimum atomic E-state index is -0.264. The van der Waals surface area contributed by atoms with Crippen LogP contribution in [0.5, 0.6) is 0 Å². The highest BCUT2D eigenvalue weighted by molar-refractivity contribution is 6.14. The first kappa shape index (κ1) is 18.2. The first-order valence-electron chi connectivity index (χ1n) is 9.37. The molecule has 1 aromatic carbocycles. The van der Waals surface area contributed by atoms with Crippen LogP contribution in [0.1, 0.15) is 56.4 Å². The van der Waals surface area contributed by atoms with Gasteiger partial charge in [-0.2, -0.15) is 5.10 Å². The molecule has 2 heterocycles. The van der Waals surface area contributed by atoms with Gasteiger partial charge in [0, 0.05) is 25.7 Å². The maximum atomic E-state index is 13.2. The molecule has 7 nitrogen and oxygen atoms in total. The number of hydrogen-bond acceptors (Lipinski definition) is 4. The third-order valence-electron chi connectivity index (χ3n) is 5.12. The Morgan fingerprint density at radius 3 is 2.54 bits per heavy atom. The van der Waals surface area contributed by atoms with E-state index >= 15 is 0 Å². The van der Waals surface area contributed by atoms with E-state index < -0.39 is 0 Å². The lowest BCUT2D eigenvalue weighted by atomic mass is 10.1. The second kappa shape index (κ2) is 6.74. The summed E-state index contributed by atoms with van der Waals surface area (Å²) in [5, 5.41) is 10.7. The van der Waals surface area contributed by atoms with Crippen LogP contribution in [0.3, 0.4) is 0 Å². The van der Waals surface area contributed by atoms with E-state index in [4.69, 9.17) is 4.98 Å². The van der Waals surface area contributed by atoms with Gasteiger partial charge in [-0.25, -0.2) is 4.98 Å². The van der Waals surface area contributed by atoms with Crippen LogP contribution in [0.2, 0.25) is 0 Å². The van der Waals surface area contributed by atoms with E-state index in [9.17, 15) is 9.59 Å². The van der Waals surface area contributed by atoms with Crippen molar-refractivity contribution in [2.24, 2.45) is 7.05 Å². The smallest absolute Gasteiger partial charge is 0.256 e. The van der Waals surface area contributed by atoms with Crippen molar-refractivity contribution in [3.8, 4) is 0 Å². The van der Waals surface area contributed by atoms with Crippen LogP contribution >= 0.6 is 0 Å². The van der Waals surface area contributed by atoms with E-state index in [1.54, 1.807) is 23.9 Å². The number of aryl methyl sites for hydroxylation is 3. The number of nitrogens with zero attached hydrogens (tertiary/aromatic N) is 3. The van der Waals surface area contributed by atoms with Crippen LogP contribution in [-0.4, -0.2) is 33.6 Å². The first-order chi connectivity index (χ1) is 13.4. The maximum absolute atomic E-state index is 13.2. The van der Waals surface area contributed by atoms with E-state index in [0.717, 1.165) is 35.2 Å². The Morgan fingerprint density at radius 1 is 1.11 bits per heavy atom. The van der Waals surface area contributed by atoms with Crippen LogP contribution in [0.15, 0.2) is 24.3 Å². The highest BCUT2D eigenvalue weighted by Crippen LogP contribution is 2.40. The lowest BCUT2D eigenvalue weighted by Crippen LogP contribution is -2.22. The number of carbonyl (C=O) groups excluding carboxylic acids is 2. The van der Waals surface area contributed by atoms with Gasteiger partial charge in [-0.1, -0.05) is 11.6 Å². The monoisotopic (exact) mass is 377 g/mol. The SMILES string of the molecule is CNC(=O)c1cc(C)ccc1NC(=O)c1cc(C2CC2)nc2c1c(C)nn2C. The van der Waals surface area contributed by atoms with Crippen LogP contribution in [-0.2, 0) is 7.05 Å². The Morgan fingerprint density at radius 2 is 1.86 bits per heavy atom. The first-order valence-corrected chi connectivity index (χ1v) is 9.37. The highest BCUT2D eigenvalue weighted by atomic mass is 16.2. The number of aromatic nitrogens is 3. The molecule has 2 aromatic heterocycles. The van der Waals surface area contributed by atoms with Crippen molar-refractivity contribution >= 4 is 28.5 Å². The summed E-state index contributed by atoms with van der Waals surface area (Å²) in [6.07, 6.45) is 2.18. The molecule has 1 aliphatic rings. The van der Waals surface area contributed by atoms with Gasteiger partial charge < -0.3 is 10.6 Å². The fourth-order valence-corrected chi connectivity index (χ4v) is 3.51. The summed E-state index contributed by atoms with van der Waals surface area (Å²) in [5.74, 6) is -0.0959. The Kier molecular flexibility index (Phi) is 4.37. The number of anilines is 1. The zero-order chi connectivity index (χ0) is 20.0. The summed E-state index contributed by atoms with van der Waals surface area (Å²) in [6.45, 7) is 3.78. The van der Waals surface area contributed by atoms with Gasteiger partial charge in [0.15, 0.2) is 5.65 Å². The van der Waals surface area contributed by atoms with E-state index in [0.29, 0.717) is 28.4 Å². The molecule has 0 bridgehead atoms. The summed E-state index contributed by atoms with van der Waals surface area (Å²) in [6, 6.07) is 7.27. The Hall–Kier alpha value is -3.22. The molecule has 144 valence electrons. The highest BCUT2D eigenvalue weighted by Gasteiger charge is 2.28. The summed E-state index contributed by atoms with van der Waals surface area (Å²) in [7, 11) is 3.41. The van der Waals surface area contributed by atoms with Gasteiger partial charge in [0.2, 0.25) is 0 Å². The quantitative estimate of drug-likeness (QED) is 0.731. The van der Waals surface area contributed by atoms with Crippen molar-refractivity contribution < 1.29 is 9.59 Å². The molecule has 1 fully saturated rings. The molecule has 0 aliphatic heterocycles. The standard InChI is InChI=1S/C21H23N5O2/c1-11-5-8-16(14(9-11)20(27)22-3)24-21(28)15-10-17(13-6-7-13)23-19-18(15)12(2)25-26(19)4/h5,8-10,13H,6-7H2,1-4H3,(H,22,27)(H,24,28). The van der Waals surface area contributed by atoms with Crippen molar-refractivity contribution in [3.63, 3.8) is 0 Å². The maximum Gasteiger partial charge on any atom is 0.256 e. The fourth-order valence-electron chi connectivity index (χ4n) is 3.51. The molecular formula is C21H23N5O2. The Bertz CT molecular complexity index is 1110. The fraction of sp³-hybridized carbons (Fsp3) is 0.333. The molecule has 1 aliphatic carbocycles. The Labute approximate surface area is 163 Å². The van der Waals surface area contributed by atoms with Crippen molar-refractivity contribution in [1.82, 2.24) is 20.1 Å². The molecule has 1 saturated carbocycles. The van der Waals surface area contributed by atoms with Gasteiger partial charge in [0.25, 0.3) is 11.8 Å². The molecular weight excluding hydrogens is 354 g/mol. The van der Waals surface area contributed by atoms with Gasteiger partial charge in [0.05, 0.1) is 27.9 Å². The van der Waals surface area contributed by atoms with Crippen LogP contribution < -0.4 is 10.6 Å². The Balaban J connectivity index is 1.79. The minimum Gasteiger partial charge on any atom is -0.355 e. The topological polar surface area (TPSA) is 88.9 Å². The van der Waals surface area contributed by atoms with Gasteiger partial charge in [-0.15, -0.1) is 0 Å². The van der Waals surface area contributed by atoms with Crippen molar-refractivity contribution in [1.29, 1.82) is 0 Å². The van der Waals surface area contributed by atoms with Crippen molar-refractivity contribution in [2.75, 3.05) is 12.4 Å². The molecule has 3 aromatic rings. The molecule has 0 spiro atoms. The predicted molar refractivity (Wildman–Crippen MR) is 108 cm³/mol. The summed E-state index contributed by atoms with van der Waals surface area (Å²) < 4.78 is 1.72. The van der Waals surface area contributed by atoms with Gasteiger partial charge in [-0.3, -0.25) is 14.3 Å². The number of benzene rings is 1. The van der Waals surface area contributed by atoms with Crippen LogP contribution in [0.25, 0.3) is 11.0 Å². The molecule has 0 unspecified atom stereocenters. The number of carbonyl (C=O) groups is 2. The second-order valence-corrected chi connectivity index (χ2v) is 7.36. The average molecular weight is 377 g/mol. The summed E-state index contributed by atoms with van der Waals surface area (Å²) in [5.41, 5.74) is 4.80. The average Bonchev–Trinajstić information content (AvgIpc) is 3.48. The third kappa shape index (κ3) is 3.13. The van der Waals surface area contributed by atoms with Crippen LogP contribution in [0, 0.1) is 13.8 Å². The van der Waals surface area contributed by atoms with E-state index in [2.05, 4.69) is 15.7 Å². The summed E-state index contributed by atoms with van der Waals surface area (Å²) in [4.78, 5) is 30.2. The molecule has 4 rings (SSSR count). The van der Waals surface area contributed by atoms with Crippen molar-refractivity contribution in [2.45, 2.75) is 32.6 Å². The number of nitrogens with one attached hydrogen (secondary N) is 2. The minimum absolute atomic E-state index is 0.241. The van der Waals surface area contributed by atoms with Gasteiger partial charge >= 0.3 is 0 Å². The number of hydrogen-bond donors (Lipinski definition) is 2. The van der Waals surface area contributed by atoms with E-state index in [-0.39, 0.29) is 11.8 Å². The molecule has 2 amide bonds. The zero-order valence-electron chi connectivity index (χ0n) is 16.5. The van der Waals surface area contributed by atoms with Gasteiger partial charge in [0.1, 0.15) is 0 Å². The normalized spacial score (nSPS) is 13.6. The summed E-state index contributed by atoms with van der Waals surface area (Å²) >= 11 is 0. The third-order valence-corrected chi connectivity index (χ3v) is 5.12. The second-order valence-electron chi connectivity index (χ2n) is 7.36. The van der Waals surface area contributed by atoms with E-state index in [1.165, 1.54) is 0 Å².